The smallest absolute Gasteiger partial charge is 0.314 e. The predicted octanol–water partition coefficient (Wildman–Crippen LogP) is 3.65. The molecule has 0 fully saturated rings. The summed E-state index contributed by atoms with van der Waals surface area (Å²) in [4.78, 5) is 11.6. The van der Waals surface area contributed by atoms with Gasteiger partial charge in [-0.1, -0.05) is 54.1 Å². The van der Waals surface area contributed by atoms with Crippen LogP contribution in [-0.2, 0) is 6.42 Å². The minimum atomic E-state index is -0.180. The zero-order valence-electron chi connectivity index (χ0n) is 12.9. The number of nitrogens with one attached hydrogen (secondary N) is 2. The summed E-state index contributed by atoms with van der Waals surface area (Å²) in [6, 6.07) is 17.3. The van der Waals surface area contributed by atoms with Crippen molar-refractivity contribution in [3.63, 3.8) is 0 Å². The van der Waals surface area contributed by atoms with Crippen LogP contribution in [0.1, 0.15) is 12.0 Å². The van der Waals surface area contributed by atoms with Crippen LogP contribution in [0.4, 0.5) is 4.79 Å². The van der Waals surface area contributed by atoms with Crippen LogP contribution in [0, 0.1) is 0 Å². The van der Waals surface area contributed by atoms with Gasteiger partial charge < -0.3 is 15.4 Å². The van der Waals surface area contributed by atoms with Gasteiger partial charge in [-0.25, -0.2) is 4.79 Å². The van der Waals surface area contributed by atoms with Gasteiger partial charge in [-0.15, -0.1) is 0 Å². The minimum Gasteiger partial charge on any atom is -0.490 e. The predicted molar refractivity (Wildman–Crippen MR) is 93.1 cm³/mol. The lowest BCUT2D eigenvalue weighted by Crippen LogP contribution is -2.38. The molecule has 23 heavy (non-hydrogen) atoms. The standard InChI is InChI=1S/C18H21ClN2O2/c19-16-10-4-5-11-17(16)23-14-13-21-18(22)20-12-6-9-15-7-2-1-3-8-15/h1-5,7-8,10-11H,6,9,12-14H2,(H2,20,21,22). The zero-order chi connectivity index (χ0) is 16.3. The Morgan fingerprint density at radius 2 is 1.65 bits per heavy atom. The molecule has 2 N–H and O–H groups in total. The fourth-order valence-electron chi connectivity index (χ4n) is 2.09. The maximum atomic E-state index is 11.6. The summed E-state index contributed by atoms with van der Waals surface area (Å²) in [5, 5.41) is 6.15. The minimum absolute atomic E-state index is 0.180. The first kappa shape index (κ1) is 17.2. The highest BCUT2D eigenvalue weighted by atomic mass is 35.5. The van der Waals surface area contributed by atoms with E-state index in [1.54, 1.807) is 12.1 Å². The molecule has 0 aliphatic heterocycles. The van der Waals surface area contributed by atoms with Crippen molar-refractivity contribution >= 4 is 17.6 Å². The first-order valence-electron chi connectivity index (χ1n) is 7.68. The molecule has 5 heteroatoms. The Bertz CT molecular complexity index is 605. The first-order chi connectivity index (χ1) is 11.3. The maximum absolute atomic E-state index is 11.6. The number of carbonyl (C=O) groups is 1. The number of amides is 2. The van der Waals surface area contributed by atoms with Crippen molar-refractivity contribution < 1.29 is 9.53 Å². The van der Waals surface area contributed by atoms with Crippen molar-refractivity contribution in [1.82, 2.24) is 10.6 Å². The van der Waals surface area contributed by atoms with Crippen LogP contribution in [0.3, 0.4) is 0 Å². The summed E-state index contributed by atoms with van der Waals surface area (Å²) in [6.45, 7) is 1.45. The summed E-state index contributed by atoms with van der Waals surface area (Å²) >= 11 is 5.98. The van der Waals surface area contributed by atoms with E-state index in [1.807, 2.05) is 30.3 Å². The number of halogens is 1. The molecule has 0 aliphatic carbocycles. The molecule has 0 saturated carbocycles. The molecular weight excluding hydrogens is 312 g/mol. The largest absolute Gasteiger partial charge is 0.490 e. The van der Waals surface area contributed by atoms with Crippen LogP contribution >= 0.6 is 11.6 Å². The van der Waals surface area contributed by atoms with Crippen LogP contribution in [0.15, 0.2) is 54.6 Å². The summed E-state index contributed by atoms with van der Waals surface area (Å²) in [7, 11) is 0. The monoisotopic (exact) mass is 332 g/mol. The maximum Gasteiger partial charge on any atom is 0.314 e. The highest BCUT2D eigenvalue weighted by molar-refractivity contribution is 6.32. The summed E-state index contributed by atoms with van der Waals surface area (Å²) in [5.74, 6) is 0.624. The Balaban J connectivity index is 1.53. The number of ether oxygens (including phenoxy) is 1. The number of para-hydroxylation sites is 1. The van der Waals surface area contributed by atoms with Crippen molar-refractivity contribution in [3.05, 3.63) is 65.2 Å². The number of urea groups is 1. The molecule has 0 bridgehead atoms. The molecule has 2 aromatic carbocycles. The highest BCUT2D eigenvalue weighted by Gasteiger charge is 2.01. The number of benzene rings is 2. The van der Waals surface area contributed by atoms with Gasteiger partial charge in [-0.3, -0.25) is 0 Å². The lowest BCUT2D eigenvalue weighted by Gasteiger charge is -2.10. The Hall–Kier alpha value is -2.20. The summed E-state index contributed by atoms with van der Waals surface area (Å²) in [5.41, 5.74) is 1.28. The van der Waals surface area contributed by atoms with Crippen LogP contribution in [0.25, 0.3) is 0 Å². The molecule has 0 atom stereocenters. The summed E-state index contributed by atoms with van der Waals surface area (Å²) in [6.07, 6.45) is 1.87. The van der Waals surface area contributed by atoms with E-state index in [9.17, 15) is 4.79 Å². The lowest BCUT2D eigenvalue weighted by molar-refractivity contribution is 0.236. The van der Waals surface area contributed by atoms with Gasteiger partial charge in [0, 0.05) is 6.54 Å². The van der Waals surface area contributed by atoms with E-state index in [2.05, 4.69) is 22.8 Å². The number of carbonyl (C=O) groups excluding carboxylic acids is 1. The van der Waals surface area contributed by atoms with Gasteiger partial charge in [0.15, 0.2) is 0 Å². The summed E-state index contributed by atoms with van der Waals surface area (Å²) < 4.78 is 5.50. The molecule has 0 radical (unpaired) electrons. The zero-order valence-corrected chi connectivity index (χ0v) is 13.7. The van der Waals surface area contributed by atoms with Crippen molar-refractivity contribution in [3.8, 4) is 5.75 Å². The number of rotatable bonds is 8. The highest BCUT2D eigenvalue weighted by Crippen LogP contribution is 2.22. The topological polar surface area (TPSA) is 50.4 Å². The van der Waals surface area contributed by atoms with Gasteiger partial charge in [-0.2, -0.15) is 0 Å². The molecule has 0 heterocycles. The Morgan fingerprint density at radius 1 is 0.957 bits per heavy atom. The number of hydrogen-bond donors (Lipinski definition) is 2. The van der Waals surface area contributed by atoms with E-state index in [4.69, 9.17) is 16.3 Å². The average Bonchev–Trinajstić information content (AvgIpc) is 2.58. The molecule has 0 aliphatic rings. The Labute approximate surface area is 141 Å². The third-order valence-electron chi connectivity index (χ3n) is 3.25. The van der Waals surface area contributed by atoms with Crippen molar-refractivity contribution in [2.75, 3.05) is 19.7 Å². The molecule has 4 nitrogen and oxygen atoms in total. The van der Waals surface area contributed by atoms with E-state index in [0.717, 1.165) is 12.8 Å². The third-order valence-corrected chi connectivity index (χ3v) is 3.56. The molecule has 2 aromatic rings. The number of aryl methyl sites for hydroxylation is 1. The van der Waals surface area contributed by atoms with Crippen LogP contribution in [0.2, 0.25) is 5.02 Å². The third kappa shape index (κ3) is 6.61. The molecule has 0 unspecified atom stereocenters. The number of hydrogen-bond acceptors (Lipinski definition) is 2. The van der Waals surface area contributed by atoms with E-state index in [-0.39, 0.29) is 6.03 Å². The molecule has 2 rings (SSSR count). The van der Waals surface area contributed by atoms with Gasteiger partial charge in [0.25, 0.3) is 0 Å². The van der Waals surface area contributed by atoms with Crippen LogP contribution in [-0.4, -0.2) is 25.7 Å². The van der Waals surface area contributed by atoms with Gasteiger partial charge in [0.1, 0.15) is 12.4 Å². The quantitative estimate of drug-likeness (QED) is 0.725. The molecule has 0 spiro atoms. The normalized spacial score (nSPS) is 10.1. The molecular formula is C18H21ClN2O2. The fourth-order valence-corrected chi connectivity index (χ4v) is 2.28. The van der Waals surface area contributed by atoms with Gasteiger partial charge in [-0.05, 0) is 30.5 Å². The molecule has 0 saturated heterocycles. The average molecular weight is 333 g/mol. The first-order valence-corrected chi connectivity index (χ1v) is 8.06. The second kappa shape index (κ2) is 9.74. The molecule has 2 amide bonds. The van der Waals surface area contributed by atoms with Crippen molar-refractivity contribution in [2.45, 2.75) is 12.8 Å². The van der Waals surface area contributed by atoms with Crippen molar-refractivity contribution in [1.29, 1.82) is 0 Å². The molecule has 122 valence electrons. The van der Waals surface area contributed by atoms with Gasteiger partial charge in [0.2, 0.25) is 0 Å². The fraction of sp³-hybridized carbons (Fsp3) is 0.278. The van der Waals surface area contributed by atoms with Gasteiger partial charge in [0.05, 0.1) is 11.6 Å². The van der Waals surface area contributed by atoms with Crippen LogP contribution in [0.5, 0.6) is 5.75 Å². The van der Waals surface area contributed by atoms with Crippen LogP contribution < -0.4 is 15.4 Å². The van der Waals surface area contributed by atoms with Gasteiger partial charge >= 0.3 is 6.03 Å². The van der Waals surface area contributed by atoms with E-state index in [0.29, 0.717) is 30.5 Å². The SMILES string of the molecule is O=C(NCCCc1ccccc1)NCCOc1ccccc1Cl. The van der Waals surface area contributed by atoms with E-state index in [1.165, 1.54) is 5.56 Å². The second-order valence-electron chi connectivity index (χ2n) is 5.05. The van der Waals surface area contributed by atoms with E-state index < -0.39 is 0 Å². The van der Waals surface area contributed by atoms with Crippen molar-refractivity contribution in [2.24, 2.45) is 0 Å². The molecule has 0 aromatic heterocycles. The Morgan fingerprint density at radius 3 is 2.43 bits per heavy atom. The lowest BCUT2D eigenvalue weighted by atomic mass is 10.1. The second-order valence-corrected chi connectivity index (χ2v) is 5.46. The Kier molecular flexibility index (Phi) is 7.27. The van der Waals surface area contributed by atoms with E-state index >= 15 is 0 Å².